The number of unbranched alkanes of at least 4 members (excludes halogenated alkanes) is 29. The monoisotopic (exact) mass is 910 g/mol. The number of rotatable bonds is 45. The second kappa shape index (κ2) is 43.7. The zero-order valence-corrected chi connectivity index (χ0v) is 41.0. The number of nitrogens with one attached hydrogen (secondary N) is 1. The SMILES string of the molecule is CCCCCCCCCCCCCC/C=C/C(O)C(COC1OC(CO)C(O)C(O)C1O)NC(=O)CCCCCCC/C=C\CCCCOC(=O)CCCCCCCCCCCCC. The van der Waals surface area contributed by atoms with E-state index in [4.69, 9.17) is 14.2 Å². The molecule has 0 aromatic heterocycles. The Bertz CT molecular complexity index is 1120. The van der Waals surface area contributed by atoms with Crippen molar-refractivity contribution in [2.75, 3.05) is 19.8 Å². The molecule has 64 heavy (non-hydrogen) atoms. The molecule has 0 aliphatic carbocycles. The van der Waals surface area contributed by atoms with E-state index in [0.29, 0.717) is 19.4 Å². The molecule has 0 bridgehead atoms. The summed E-state index contributed by atoms with van der Waals surface area (Å²) in [7, 11) is 0. The average molecular weight is 910 g/mol. The molecule has 7 unspecified atom stereocenters. The van der Waals surface area contributed by atoms with Gasteiger partial charge < -0.3 is 45.1 Å². The Kier molecular flexibility index (Phi) is 41.1. The number of carbonyl (C=O) groups excluding carboxylic acids is 2. The van der Waals surface area contributed by atoms with Crippen LogP contribution in [0.15, 0.2) is 24.3 Å². The van der Waals surface area contributed by atoms with Crippen LogP contribution >= 0.6 is 0 Å². The fourth-order valence-electron chi connectivity index (χ4n) is 8.25. The van der Waals surface area contributed by atoms with E-state index in [2.05, 4.69) is 31.3 Å². The third kappa shape index (κ3) is 33.6. The summed E-state index contributed by atoms with van der Waals surface area (Å²) >= 11 is 0. The molecule has 7 atom stereocenters. The van der Waals surface area contributed by atoms with Gasteiger partial charge in [0.25, 0.3) is 0 Å². The first-order chi connectivity index (χ1) is 31.2. The molecular formula is C53H99NO10. The predicted molar refractivity (Wildman–Crippen MR) is 260 cm³/mol. The van der Waals surface area contributed by atoms with Gasteiger partial charge in [-0.1, -0.05) is 192 Å². The van der Waals surface area contributed by atoms with Crippen LogP contribution in [0, 0.1) is 0 Å². The van der Waals surface area contributed by atoms with Gasteiger partial charge in [-0.2, -0.15) is 0 Å². The van der Waals surface area contributed by atoms with Crippen LogP contribution in [0.4, 0.5) is 0 Å². The number of carbonyl (C=O) groups is 2. The van der Waals surface area contributed by atoms with Crippen molar-refractivity contribution in [1.82, 2.24) is 5.32 Å². The number of aliphatic hydroxyl groups is 5. The molecule has 0 radical (unpaired) electrons. The van der Waals surface area contributed by atoms with E-state index in [-0.39, 0.29) is 18.5 Å². The first-order valence-electron chi connectivity index (χ1n) is 26.6. The fourth-order valence-corrected chi connectivity index (χ4v) is 8.25. The van der Waals surface area contributed by atoms with Crippen LogP contribution in [0.3, 0.4) is 0 Å². The highest BCUT2D eigenvalue weighted by Gasteiger charge is 2.44. The highest BCUT2D eigenvalue weighted by molar-refractivity contribution is 5.76. The standard InChI is InChI=1S/C53H99NO10/c1-3-5-7-9-11-13-15-16-17-20-23-27-31-35-39-46(56)45(44-63-53-52(61)51(60)50(59)47(43-55)64-53)54-48(57)40-36-32-28-24-21-18-22-26-30-34-38-42-62-49(58)41-37-33-29-25-19-14-12-10-8-6-4-2/h22,26,35,39,45-47,50-53,55-56,59-61H,3-21,23-25,27-34,36-38,40-44H2,1-2H3,(H,54,57)/b26-22-,39-35+. The summed E-state index contributed by atoms with van der Waals surface area (Å²) in [6, 6.07) is -0.830. The topological polar surface area (TPSA) is 175 Å². The highest BCUT2D eigenvalue weighted by Crippen LogP contribution is 2.23. The number of ether oxygens (including phenoxy) is 3. The molecule has 0 saturated carbocycles. The van der Waals surface area contributed by atoms with Gasteiger partial charge in [0.05, 0.1) is 32.0 Å². The molecular weight excluding hydrogens is 811 g/mol. The van der Waals surface area contributed by atoms with Crippen molar-refractivity contribution in [3.8, 4) is 0 Å². The van der Waals surface area contributed by atoms with Crippen LogP contribution in [0.25, 0.3) is 0 Å². The lowest BCUT2D eigenvalue weighted by Crippen LogP contribution is -2.60. The second-order valence-electron chi connectivity index (χ2n) is 18.6. The predicted octanol–water partition coefficient (Wildman–Crippen LogP) is 11.0. The Morgan fingerprint density at radius 2 is 1.00 bits per heavy atom. The molecule has 11 heteroatoms. The lowest BCUT2D eigenvalue weighted by atomic mass is 9.99. The number of hydrogen-bond acceptors (Lipinski definition) is 10. The van der Waals surface area contributed by atoms with E-state index in [1.807, 2.05) is 6.08 Å². The minimum absolute atomic E-state index is 0.0576. The Balaban J connectivity index is 2.24. The summed E-state index contributed by atoms with van der Waals surface area (Å²) in [6.45, 7) is 4.23. The van der Waals surface area contributed by atoms with E-state index < -0.39 is 49.5 Å². The normalized spacial score (nSPS) is 20.0. The van der Waals surface area contributed by atoms with Gasteiger partial charge in [0, 0.05) is 12.8 Å². The molecule has 376 valence electrons. The van der Waals surface area contributed by atoms with Gasteiger partial charge in [-0.15, -0.1) is 0 Å². The molecule has 6 N–H and O–H groups in total. The average Bonchev–Trinajstić information content (AvgIpc) is 3.29. The molecule has 1 heterocycles. The van der Waals surface area contributed by atoms with Gasteiger partial charge >= 0.3 is 5.97 Å². The smallest absolute Gasteiger partial charge is 0.305 e. The van der Waals surface area contributed by atoms with Gasteiger partial charge in [0.15, 0.2) is 6.29 Å². The van der Waals surface area contributed by atoms with Crippen molar-refractivity contribution in [2.24, 2.45) is 0 Å². The minimum atomic E-state index is -1.58. The highest BCUT2D eigenvalue weighted by atomic mass is 16.7. The number of amides is 1. The van der Waals surface area contributed by atoms with E-state index in [1.165, 1.54) is 122 Å². The molecule has 1 rings (SSSR count). The number of allylic oxidation sites excluding steroid dienone is 3. The molecule has 1 saturated heterocycles. The number of aliphatic hydroxyl groups excluding tert-OH is 5. The van der Waals surface area contributed by atoms with Crippen molar-refractivity contribution in [2.45, 2.75) is 281 Å². The van der Waals surface area contributed by atoms with Crippen molar-refractivity contribution in [1.29, 1.82) is 0 Å². The van der Waals surface area contributed by atoms with Crippen LogP contribution in [-0.2, 0) is 23.8 Å². The molecule has 0 spiro atoms. The largest absolute Gasteiger partial charge is 0.466 e. The Hall–Kier alpha value is -1.86. The minimum Gasteiger partial charge on any atom is -0.466 e. The van der Waals surface area contributed by atoms with Crippen LogP contribution in [0.1, 0.15) is 239 Å². The lowest BCUT2D eigenvalue weighted by Gasteiger charge is -2.40. The summed E-state index contributed by atoms with van der Waals surface area (Å²) in [5, 5.41) is 54.3. The maximum atomic E-state index is 13.0. The number of esters is 1. The summed E-state index contributed by atoms with van der Waals surface area (Å²) in [4.78, 5) is 25.0. The third-order valence-electron chi connectivity index (χ3n) is 12.6. The Morgan fingerprint density at radius 1 is 0.562 bits per heavy atom. The second-order valence-corrected chi connectivity index (χ2v) is 18.6. The van der Waals surface area contributed by atoms with E-state index in [1.54, 1.807) is 6.08 Å². The van der Waals surface area contributed by atoms with Gasteiger partial charge in [-0.25, -0.2) is 0 Å². The van der Waals surface area contributed by atoms with Crippen LogP contribution in [0.2, 0.25) is 0 Å². The first kappa shape index (κ1) is 60.2. The van der Waals surface area contributed by atoms with Crippen molar-refractivity contribution in [3.05, 3.63) is 24.3 Å². The van der Waals surface area contributed by atoms with Gasteiger partial charge in [-0.05, 0) is 57.8 Å². The van der Waals surface area contributed by atoms with Gasteiger partial charge in [-0.3, -0.25) is 9.59 Å². The molecule has 0 aromatic rings. The maximum absolute atomic E-state index is 13.0. The van der Waals surface area contributed by atoms with Crippen LogP contribution < -0.4 is 5.32 Å². The maximum Gasteiger partial charge on any atom is 0.305 e. The summed E-state index contributed by atoms with van der Waals surface area (Å²) < 4.78 is 16.6. The molecule has 1 fully saturated rings. The molecule has 11 nitrogen and oxygen atoms in total. The quantitative estimate of drug-likeness (QED) is 0.0196. The first-order valence-corrected chi connectivity index (χ1v) is 26.6. The van der Waals surface area contributed by atoms with Gasteiger partial charge in [0.1, 0.15) is 24.4 Å². The van der Waals surface area contributed by atoms with Crippen molar-refractivity contribution < 1.29 is 49.3 Å². The number of hydrogen-bond donors (Lipinski definition) is 6. The van der Waals surface area contributed by atoms with E-state index in [9.17, 15) is 35.1 Å². The van der Waals surface area contributed by atoms with E-state index in [0.717, 1.165) is 89.9 Å². The lowest BCUT2D eigenvalue weighted by molar-refractivity contribution is -0.302. The Labute approximate surface area is 391 Å². The van der Waals surface area contributed by atoms with Crippen LogP contribution in [0.5, 0.6) is 0 Å². The summed E-state index contributed by atoms with van der Waals surface area (Å²) in [5.74, 6) is -0.268. The summed E-state index contributed by atoms with van der Waals surface area (Å²) in [5.41, 5.74) is 0. The Morgan fingerprint density at radius 3 is 1.50 bits per heavy atom. The van der Waals surface area contributed by atoms with Gasteiger partial charge in [0.2, 0.25) is 5.91 Å². The zero-order chi connectivity index (χ0) is 46.7. The molecule has 0 aromatic carbocycles. The fraction of sp³-hybridized carbons (Fsp3) is 0.887. The third-order valence-corrected chi connectivity index (χ3v) is 12.6. The van der Waals surface area contributed by atoms with Crippen LogP contribution in [-0.4, -0.2) is 100 Å². The zero-order valence-electron chi connectivity index (χ0n) is 41.0. The van der Waals surface area contributed by atoms with Crippen molar-refractivity contribution in [3.63, 3.8) is 0 Å². The molecule has 1 amide bonds. The molecule has 1 aliphatic rings. The van der Waals surface area contributed by atoms with E-state index >= 15 is 0 Å². The van der Waals surface area contributed by atoms with Crippen molar-refractivity contribution >= 4 is 11.9 Å². The summed E-state index contributed by atoms with van der Waals surface area (Å²) in [6.07, 6.45) is 39.6. The molecule has 1 aliphatic heterocycles.